The number of ether oxygens (including phenoxy) is 1. The summed E-state index contributed by atoms with van der Waals surface area (Å²) in [5.41, 5.74) is 3.16. The van der Waals surface area contributed by atoms with Crippen LogP contribution in [-0.4, -0.2) is 29.2 Å². The quantitative estimate of drug-likeness (QED) is 0.413. The second-order valence-corrected chi connectivity index (χ2v) is 10.3. The Morgan fingerprint density at radius 3 is 2.74 bits per heavy atom. The largest absolute Gasteiger partial charge is 0.496 e. The average molecular weight is 510 g/mol. The van der Waals surface area contributed by atoms with E-state index in [1.165, 1.54) is 27.0 Å². The number of nitrogens with one attached hydrogen (secondary N) is 2. The van der Waals surface area contributed by atoms with E-state index in [4.69, 9.17) is 4.74 Å². The maximum absolute atomic E-state index is 13.3. The SMILES string of the molecule is COc1cccc2c1CCC1CNC(CCn3c(=O)[nH]c4sc(-c5ccccc5)cc4c3=O)C21.Cl. The van der Waals surface area contributed by atoms with Gasteiger partial charge in [0.1, 0.15) is 10.6 Å². The van der Waals surface area contributed by atoms with Crippen LogP contribution in [0.15, 0.2) is 64.2 Å². The number of rotatable bonds is 5. The van der Waals surface area contributed by atoms with Crippen LogP contribution < -0.4 is 21.3 Å². The second kappa shape index (κ2) is 9.64. The first kappa shape index (κ1) is 23.9. The van der Waals surface area contributed by atoms with Gasteiger partial charge < -0.3 is 10.1 Å². The van der Waals surface area contributed by atoms with Crippen molar-refractivity contribution >= 4 is 34.0 Å². The van der Waals surface area contributed by atoms with Gasteiger partial charge in [0.05, 0.1) is 12.5 Å². The van der Waals surface area contributed by atoms with E-state index >= 15 is 0 Å². The van der Waals surface area contributed by atoms with Crippen LogP contribution in [0.2, 0.25) is 0 Å². The number of aromatic nitrogens is 2. The highest BCUT2D eigenvalue weighted by Gasteiger charge is 2.40. The van der Waals surface area contributed by atoms with E-state index in [1.807, 2.05) is 42.5 Å². The van der Waals surface area contributed by atoms with Crippen LogP contribution >= 0.6 is 23.7 Å². The molecule has 3 heterocycles. The van der Waals surface area contributed by atoms with Crippen LogP contribution in [-0.2, 0) is 13.0 Å². The van der Waals surface area contributed by atoms with E-state index in [1.54, 1.807) is 7.11 Å². The molecular formula is C27H28ClN3O3S. The standard InChI is InChI=1S/C27H27N3O3S.ClH/c1-33-22-9-5-8-19-18(22)11-10-17-15-28-21(24(17)19)12-13-30-26(31)20-14-23(16-6-3-2-4-7-16)34-25(20)29-27(30)32;/h2-9,14,17,21,24,28H,10-13,15H2,1H3,(H,29,32);1H. The molecule has 35 heavy (non-hydrogen) atoms. The summed E-state index contributed by atoms with van der Waals surface area (Å²) in [5, 5.41) is 4.26. The minimum atomic E-state index is -0.334. The van der Waals surface area contributed by atoms with Crippen LogP contribution in [0.25, 0.3) is 20.7 Å². The average Bonchev–Trinajstić information content (AvgIpc) is 3.48. The van der Waals surface area contributed by atoms with E-state index in [0.717, 1.165) is 42.0 Å². The van der Waals surface area contributed by atoms with Crippen molar-refractivity contribution in [1.82, 2.24) is 14.9 Å². The fourth-order valence-corrected chi connectivity index (χ4v) is 6.91. The number of benzene rings is 2. The molecule has 3 atom stereocenters. The number of fused-ring (bicyclic) bond motifs is 4. The number of methoxy groups -OCH3 is 1. The maximum Gasteiger partial charge on any atom is 0.329 e. The Morgan fingerprint density at radius 2 is 1.94 bits per heavy atom. The molecule has 1 saturated heterocycles. The van der Waals surface area contributed by atoms with Crippen molar-refractivity contribution in [2.24, 2.45) is 5.92 Å². The topological polar surface area (TPSA) is 76.1 Å². The molecule has 8 heteroatoms. The van der Waals surface area contributed by atoms with Crippen molar-refractivity contribution < 1.29 is 4.74 Å². The first-order chi connectivity index (χ1) is 16.6. The number of aromatic amines is 1. The second-order valence-electron chi connectivity index (χ2n) is 9.26. The molecule has 1 fully saturated rings. The van der Waals surface area contributed by atoms with Gasteiger partial charge in [-0.15, -0.1) is 23.7 Å². The third-order valence-corrected chi connectivity index (χ3v) is 8.59. The summed E-state index contributed by atoms with van der Waals surface area (Å²) in [5.74, 6) is 1.92. The van der Waals surface area contributed by atoms with Crippen LogP contribution in [0.4, 0.5) is 0 Å². The lowest BCUT2D eigenvalue weighted by Crippen LogP contribution is -2.37. The third-order valence-electron chi connectivity index (χ3n) is 7.49. The van der Waals surface area contributed by atoms with Crippen LogP contribution in [0.5, 0.6) is 5.75 Å². The molecule has 6 nitrogen and oxygen atoms in total. The number of halogens is 1. The molecule has 6 rings (SSSR count). The summed E-state index contributed by atoms with van der Waals surface area (Å²) in [7, 11) is 1.73. The zero-order chi connectivity index (χ0) is 23.2. The van der Waals surface area contributed by atoms with Gasteiger partial charge in [0, 0.05) is 23.4 Å². The monoisotopic (exact) mass is 509 g/mol. The number of thiophene rings is 1. The van der Waals surface area contributed by atoms with Gasteiger partial charge in [0.15, 0.2) is 0 Å². The molecule has 0 amide bonds. The van der Waals surface area contributed by atoms with Crippen LogP contribution in [0.1, 0.15) is 29.9 Å². The van der Waals surface area contributed by atoms with Gasteiger partial charge in [0.25, 0.3) is 5.56 Å². The summed E-state index contributed by atoms with van der Waals surface area (Å²) < 4.78 is 6.99. The highest BCUT2D eigenvalue weighted by molar-refractivity contribution is 7.21. The molecule has 2 N–H and O–H groups in total. The Hall–Kier alpha value is -2.87. The van der Waals surface area contributed by atoms with Gasteiger partial charge in [-0.25, -0.2) is 4.79 Å². The minimum absolute atomic E-state index is 0. The van der Waals surface area contributed by atoms with Gasteiger partial charge in [-0.3, -0.25) is 14.3 Å². The Morgan fingerprint density at radius 1 is 1.11 bits per heavy atom. The molecule has 0 radical (unpaired) electrons. The third kappa shape index (κ3) is 4.11. The predicted molar refractivity (Wildman–Crippen MR) is 143 cm³/mol. The summed E-state index contributed by atoms with van der Waals surface area (Å²) in [4.78, 5) is 30.7. The van der Waals surface area contributed by atoms with Crippen LogP contribution in [0.3, 0.4) is 0 Å². The molecule has 1 aliphatic heterocycles. The van der Waals surface area contributed by atoms with Crippen molar-refractivity contribution in [2.75, 3.05) is 13.7 Å². The smallest absolute Gasteiger partial charge is 0.329 e. The molecule has 2 aliphatic rings. The summed E-state index contributed by atoms with van der Waals surface area (Å²) in [6, 6.07) is 18.4. The molecule has 182 valence electrons. The molecular weight excluding hydrogens is 482 g/mol. The van der Waals surface area contributed by atoms with E-state index in [0.29, 0.717) is 28.6 Å². The summed E-state index contributed by atoms with van der Waals surface area (Å²) in [6.45, 7) is 1.36. The van der Waals surface area contributed by atoms with Crippen molar-refractivity contribution in [3.05, 3.63) is 86.6 Å². The van der Waals surface area contributed by atoms with Gasteiger partial charge in [-0.2, -0.15) is 0 Å². The van der Waals surface area contributed by atoms with E-state index in [2.05, 4.69) is 22.4 Å². The minimum Gasteiger partial charge on any atom is -0.496 e. The molecule has 4 aromatic rings. The molecule has 1 aliphatic carbocycles. The number of hydrogen-bond acceptors (Lipinski definition) is 5. The first-order valence-electron chi connectivity index (χ1n) is 11.9. The van der Waals surface area contributed by atoms with E-state index in [9.17, 15) is 9.59 Å². The van der Waals surface area contributed by atoms with Crippen LogP contribution in [0, 0.1) is 5.92 Å². The highest BCUT2D eigenvalue weighted by Crippen LogP contribution is 2.45. The Balaban J connectivity index is 0.00000253. The van der Waals surface area contributed by atoms with Gasteiger partial charge in [-0.1, -0.05) is 42.5 Å². The lowest BCUT2D eigenvalue weighted by Gasteiger charge is -2.32. The fraction of sp³-hybridized carbons (Fsp3) is 0.333. The number of nitrogens with zero attached hydrogens (tertiary/aromatic N) is 1. The lowest BCUT2D eigenvalue weighted by molar-refractivity contribution is 0.371. The lowest BCUT2D eigenvalue weighted by atomic mass is 9.73. The van der Waals surface area contributed by atoms with Gasteiger partial charge in [-0.05, 0) is 60.5 Å². The molecule has 2 aromatic carbocycles. The number of H-pyrrole nitrogens is 1. The van der Waals surface area contributed by atoms with Crippen molar-refractivity contribution in [3.63, 3.8) is 0 Å². The Kier molecular flexibility index (Phi) is 6.57. The number of hydrogen-bond donors (Lipinski definition) is 2. The predicted octanol–water partition coefficient (Wildman–Crippen LogP) is 4.56. The summed E-state index contributed by atoms with van der Waals surface area (Å²) in [6.07, 6.45) is 2.89. The normalized spacial score (nSPS) is 20.8. The first-order valence-corrected chi connectivity index (χ1v) is 12.7. The summed E-state index contributed by atoms with van der Waals surface area (Å²) >= 11 is 1.45. The molecule has 0 saturated carbocycles. The Bertz CT molecular complexity index is 1480. The van der Waals surface area contributed by atoms with E-state index < -0.39 is 0 Å². The van der Waals surface area contributed by atoms with Gasteiger partial charge in [0.2, 0.25) is 0 Å². The molecule has 0 bridgehead atoms. The van der Waals surface area contributed by atoms with Gasteiger partial charge >= 0.3 is 5.69 Å². The molecule has 0 spiro atoms. The molecule has 3 unspecified atom stereocenters. The van der Waals surface area contributed by atoms with E-state index in [-0.39, 0.29) is 29.7 Å². The maximum atomic E-state index is 13.3. The molecule has 2 aromatic heterocycles. The zero-order valence-electron chi connectivity index (χ0n) is 19.5. The van der Waals surface area contributed by atoms with Crippen molar-refractivity contribution in [1.29, 1.82) is 0 Å². The zero-order valence-corrected chi connectivity index (χ0v) is 21.1. The fourth-order valence-electron chi connectivity index (χ4n) is 5.86. The highest BCUT2D eigenvalue weighted by atomic mass is 35.5. The Labute approximate surface area is 213 Å². The van der Waals surface area contributed by atoms with Crippen molar-refractivity contribution in [2.45, 2.75) is 37.8 Å². The van der Waals surface area contributed by atoms with Crippen molar-refractivity contribution in [3.8, 4) is 16.2 Å².